The third-order valence-electron chi connectivity index (χ3n) is 3.17. The molecule has 1 aromatic rings. The maximum absolute atomic E-state index is 12.0. The number of hydrogen-bond donors (Lipinski definition) is 1. The van der Waals surface area contributed by atoms with Crippen LogP contribution in [-0.4, -0.2) is 44.0 Å². The van der Waals surface area contributed by atoms with Crippen molar-refractivity contribution in [1.82, 2.24) is 10.2 Å². The maximum atomic E-state index is 12.0. The molecule has 1 unspecified atom stereocenters. The van der Waals surface area contributed by atoms with Crippen LogP contribution < -0.4 is 5.32 Å². The number of nitrogens with zero attached hydrogens (tertiary/aromatic N) is 1. The van der Waals surface area contributed by atoms with Crippen molar-refractivity contribution in [3.63, 3.8) is 0 Å². The van der Waals surface area contributed by atoms with Crippen LogP contribution in [0.15, 0.2) is 29.2 Å². The highest BCUT2D eigenvalue weighted by Gasteiger charge is 2.11. The van der Waals surface area contributed by atoms with Crippen molar-refractivity contribution >= 4 is 17.8 Å². The predicted molar refractivity (Wildman–Crippen MR) is 84.2 cm³/mol. The quantitative estimate of drug-likeness (QED) is 0.787. The maximum Gasteiger partial charge on any atom is 0.317 e. The SMILES string of the molecule is CCC(CNC(=O)N(C)Cc1cccc(SC)c1)OC. The van der Waals surface area contributed by atoms with Crippen LogP contribution in [0.1, 0.15) is 18.9 Å². The molecule has 0 bridgehead atoms. The first-order valence-electron chi connectivity index (χ1n) is 6.75. The second kappa shape index (κ2) is 8.87. The van der Waals surface area contributed by atoms with Crippen LogP contribution >= 0.6 is 11.8 Å². The summed E-state index contributed by atoms with van der Waals surface area (Å²) in [6, 6.07) is 8.16. The average molecular weight is 296 g/mol. The minimum Gasteiger partial charge on any atom is -0.380 e. The highest BCUT2D eigenvalue weighted by atomic mass is 32.2. The van der Waals surface area contributed by atoms with Crippen LogP contribution in [0.2, 0.25) is 0 Å². The lowest BCUT2D eigenvalue weighted by atomic mass is 10.2. The van der Waals surface area contributed by atoms with E-state index in [9.17, 15) is 4.79 Å². The zero-order chi connectivity index (χ0) is 15.0. The summed E-state index contributed by atoms with van der Waals surface area (Å²) in [4.78, 5) is 14.9. The largest absolute Gasteiger partial charge is 0.380 e. The molecule has 0 heterocycles. The van der Waals surface area contributed by atoms with Gasteiger partial charge in [-0.25, -0.2) is 4.79 Å². The summed E-state index contributed by atoms with van der Waals surface area (Å²) in [5, 5.41) is 2.89. The Balaban J connectivity index is 2.48. The van der Waals surface area contributed by atoms with E-state index in [0.717, 1.165) is 12.0 Å². The number of carbonyl (C=O) groups is 1. The molecule has 1 atom stereocenters. The lowest BCUT2D eigenvalue weighted by molar-refractivity contribution is 0.0983. The number of amides is 2. The van der Waals surface area contributed by atoms with E-state index in [-0.39, 0.29) is 12.1 Å². The Morgan fingerprint density at radius 1 is 1.50 bits per heavy atom. The molecular weight excluding hydrogens is 272 g/mol. The summed E-state index contributed by atoms with van der Waals surface area (Å²) in [6.45, 7) is 3.18. The molecule has 20 heavy (non-hydrogen) atoms. The summed E-state index contributed by atoms with van der Waals surface area (Å²) in [5.74, 6) is 0. The van der Waals surface area contributed by atoms with Crippen molar-refractivity contribution < 1.29 is 9.53 Å². The summed E-state index contributed by atoms with van der Waals surface area (Å²) in [5.41, 5.74) is 1.13. The van der Waals surface area contributed by atoms with Gasteiger partial charge in [0.15, 0.2) is 0 Å². The van der Waals surface area contributed by atoms with Crippen molar-refractivity contribution in [3.8, 4) is 0 Å². The minimum absolute atomic E-state index is 0.0740. The van der Waals surface area contributed by atoms with Gasteiger partial charge in [0.05, 0.1) is 6.10 Å². The summed E-state index contributed by atoms with van der Waals surface area (Å²) >= 11 is 1.70. The fraction of sp³-hybridized carbons (Fsp3) is 0.533. The molecule has 112 valence electrons. The fourth-order valence-corrected chi connectivity index (χ4v) is 2.33. The summed E-state index contributed by atoms with van der Waals surface area (Å²) in [7, 11) is 3.47. The van der Waals surface area contributed by atoms with Gasteiger partial charge in [-0.15, -0.1) is 11.8 Å². The third kappa shape index (κ3) is 5.43. The van der Waals surface area contributed by atoms with Gasteiger partial charge in [-0.3, -0.25) is 0 Å². The molecule has 0 aliphatic rings. The van der Waals surface area contributed by atoms with E-state index in [4.69, 9.17) is 4.74 Å². The van der Waals surface area contributed by atoms with Gasteiger partial charge in [-0.05, 0) is 30.4 Å². The van der Waals surface area contributed by atoms with E-state index in [1.807, 2.05) is 25.3 Å². The van der Waals surface area contributed by atoms with Gasteiger partial charge < -0.3 is 15.0 Å². The molecule has 2 amide bonds. The minimum atomic E-state index is -0.0740. The number of rotatable bonds is 7. The molecule has 0 aliphatic carbocycles. The number of nitrogens with one attached hydrogen (secondary N) is 1. The Labute approximate surface area is 125 Å². The highest BCUT2D eigenvalue weighted by molar-refractivity contribution is 7.98. The van der Waals surface area contributed by atoms with E-state index in [2.05, 4.69) is 17.4 Å². The number of urea groups is 1. The van der Waals surface area contributed by atoms with Crippen LogP contribution in [0.5, 0.6) is 0 Å². The van der Waals surface area contributed by atoms with E-state index >= 15 is 0 Å². The highest BCUT2D eigenvalue weighted by Crippen LogP contribution is 2.16. The first-order valence-corrected chi connectivity index (χ1v) is 7.97. The van der Waals surface area contributed by atoms with E-state index in [1.165, 1.54) is 4.90 Å². The first kappa shape index (κ1) is 16.9. The van der Waals surface area contributed by atoms with Crippen molar-refractivity contribution in [2.45, 2.75) is 30.9 Å². The molecule has 0 aliphatic heterocycles. The van der Waals surface area contributed by atoms with Crippen LogP contribution in [0, 0.1) is 0 Å². The number of methoxy groups -OCH3 is 1. The molecule has 1 aromatic carbocycles. The zero-order valence-electron chi connectivity index (χ0n) is 12.7. The second-order valence-corrected chi connectivity index (χ2v) is 5.54. The molecule has 5 heteroatoms. The second-order valence-electron chi connectivity index (χ2n) is 4.66. The van der Waals surface area contributed by atoms with Crippen molar-refractivity contribution in [2.24, 2.45) is 0 Å². The van der Waals surface area contributed by atoms with Crippen LogP contribution in [0.4, 0.5) is 4.79 Å². The summed E-state index contributed by atoms with van der Waals surface area (Å²) in [6.07, 6.45) is 3.01. The lowest BCUT2D eigenvalue weighted by Crippen LogP contribution is -2.40. The topological polar surface area (TPSA) is 41.6 Å². The molecule has 0 spiro atoms. The third-order valence-corrected chi connectivity index (χ3v) is 3.90. The Morgan fingerprint density at radius 2 is 2.25 bits per heavy atom. The van der Waals surface area contributed by atoms with Crippen LogP contribution in [0.25, 0.3) is 0 Å². The number of carbonyl (C=O) groups excluding carboxylic acids is 1. The Morgan fingerprint density at radius 3 is 2.85 bits per heavy atom. The van der Waals surface area contributed by atoms with Crippen LogP contribution in [-0.2, 0) is 11.3 Å². The Bertz CT molecular complexity index is 422. The molecule has 0 fully saturated rings. The van der Waals surface area contributed by atoms with Gasteiger partial charge in [0.1, 0.15) is 0 Å². The Kier molecular flexibility index (Phi) is 7.47. The lowest BCUT2D eigenvalue weighted by Gasteiger charge is -2.20. The number of ether oxygens (including phenoxy) is 1. The predicted octanol–water partition coefficient (Wildman–Crippen LogP) is 2.97. The normalized spacial score (nSPS) is 12.0. The van der Waals surface area contributed by atoms with Gasteiger partial charge in [0.25, 0.3) is 0 Å². The monoisotopic (exact) mass is 296 g/mol. The average Bonchev–Trinajstić information content (AvgIpc) is 2.48. The summed E-state index contributed by atoms with van der Waals surface area (Å²) < 4.78 is 5.24. The number of thioether (sulfide) groups is 1. The smallest absolute Gasteiger partial charge is 0.317 e. The molecule has 0 aromatic heterocycles. The van der Waals surface area contributed by atoms with E-state index in [0.29, 0.717) is 13.1 Å². The Hall–Kier alpha value is -1.20. The fourth-order valence-electron chi connectivity index (χ4n) is 1.85. The van der Waals surface area contributed by atoms with Crippen molar-refractivity contribution in [2.75, 3.05) is 27.0 Å². The van der Waals surface area contributed by atoms with Gasteiger partial charge in [-0.1, -0.05) is 19.1 Å². The van der Waals surface area contributed by atoms with E-state index in [1.54, 1.807) is 30.8 Å². The first-order chi connectivity index (χ1) is 9.60. The zero-order valence-corrected chi connectivity index (χ0v) is 13.5. The van der Waals surface area contributed by atoms with Crippen molar-refractivity contribution in [3.05, 3.63) is 29.8 Å². The molecule has 0 saturated carbocycles. The molecule has 1 rings (SSSR count). The molecule has 1 N–H and O–H groups in total. The van der Waals surface area contributed by atoms with Gasteiger partial charge in [0, 0.05) is 32.1 Å². The van der Waals surface area contributed by atoms with Gasteiger partial charge in [0.2, 0.25) is 0 Å². The molecule has 0 saturated heterocycles. The molecule has 0 radical (unpaired) electrons. The van der Waals surface area contributed by atoms with Gasteiger partial charge >= 0.3 is 6.03 Å². The number of benzene rings is 1. The molecule has 4 nitrogen and oxygen atoms in total. The standard InChI is InChI=1S/C15H24N2O2S/c1-5-13(19-3)10-16-15(18)17(2)11-12-7-6-8-14(9-12)20-4/h6-9,13H,5,10-11H2,1-4H3,(H,16,18). The van der Waals surface area contributed by atoms with Crippen LogP contribution in [0.3, 0.4) is 0 Å². The van der Waals surface area contributed by atoms with Gasteiger partial charge in [-0.2, -0.15) is 0 Å². The molecular formula is C15H24N2O2S. The van der Waals surface area contributed by atoms with Crippen molar-refractivity contribution in [1.29, 1.82) is 0 Å². The van der Waals surface area contributed by atoms with E-state index < -0.39 is 0 Å². The number of hydrogen-bond acceptors (Lipinski definition) is 3.